The highest BCUT2D eigenvalue weighted by Crippen LogP contribution is 2.30. The largest absolute Gasteiger partial charge is 0.462 e. The average molecular weight is 307 g/mol. The van der Waals surface area contributed by atoms with Crippen LogP contribution in [0.1, 0.15) is 22.8 Å². The van der Waals surface area contributed by atoms with Gasteiger partial charge in [-0.1, -0.05) is 0 Å². The van der Waals surface area contributed by atoms with Crippen LogP contribution in [0.4, 0.5) is 0 Å². The lowest BCUT2D eigenvalue weighted by atomic mass is 10.0. The maximum absolute atomic E-state index is 12.5. The number of carbonyl (C=O) groups excluding carboxylic acids is 1. The molecule has 0 saturated heterocycles. The van der Waals surface area contributed by atoms with Crippen molar-refractivity contribution in [2.24, 2.45) is 0 Å². The van der Waals surface area contributed by atoms with Crippen molar-refractivity contribution in [3.8, 4) is 0 Å². The van der Waals surface area contributed by atoms with Gasteiger partial charge in [0.2, 0.25) is 5.43 Å². The number of benzene rings is 1. The average Bonchev–Trinajstić information content (AvgIpc) is 2.75. The van der Waals surface area contributed by atoms with Crippen molar-refractivity contribution in [3.63, 3.8) is 0 Å². The predicted octanol–water partition coefficient (Wildman–Crippen LogP) is 1.03. The fourth-order valence-corrected chi connectivity index (χ4v) is 4.15. The molecule has 0 radical (unpaired) electrons. The number of aromatic nitrogens is 1. The molecule has 110 valence electrons. The van der Waals surface area contributed by atoms with E-state index in [4.69, 9.17) is 4.74 Å². The van der Waals surface area contributed by atoms with Crippen LogP contribution in [-0.4, -0.2) is 31.7 Å². The van der Waals surface area contributed by atoms with Crippen molar-refractivity contribution < 1.29 is 17.9 Å². The molecule has 2 aromatic rings. The zero-order valence-electron chi connectivity index (χ0n) is 11.3. The summed E-state index contributed by atoms with van der Waals surface area (Å²) in [4.78, 5) is 27.3. The molecule has 1 aliphatic heterocycles. The molecule has 6 nitrogen and oxygen atoms in total. The van der Waals surface area contributed by atoms with Gasteiger partial charge in [0.05, 0.1) is 22.6 Å². The minimum atomic E-state index is -3.33. The fraction of sp³-hybridized carbons (Fsp3) is 0.286. The molecule has 0 unspecified atom stereocenters. The number of carbonyl (C=O) groups is 1. The van der Waals surface area contributed by atoms with E-state index >= 15 is 0 Å². The number of aromatic amines is 1. The molecule has 2 heterocycles. The summed E-state index contributed by atoms with van der Waals surface area (Å²) in [5, 5.41) is 0.263. The molecule has 1 N–H and O–H groups in total. The Bertz CT molecular complexity index is 911. The molecule has 0 bridgehead atoms. The van der Waals surface area contributed by atoms with Crippen molar-refractivity contribution in [3.05, 3.63) is 39.7 Å². The normalized spacial score (nSPS) is 15.9. The first-order valence-electron chi connectivity index (χ1n) is 6.53. The number of ether oxygens (including phenoxy) is 1. The van der Waals surface area contributed by atoms with Crippen molar-refractivity contribution in [2.75, 3.05) is 12.4 Å². The van der Waals surface area contributed by atoms with Crippen LogP contribution in [0.5, 0.6) is 0 Å². The first-order valence-corrected chi connectivity index (χ1v) is 8.18. The quantitative estimate of drug-likeness (QED) is 0.837. The molecule has 0 atom stereocenters. The van der Waals surface area contributed by atoms with E-state index < -0.39 is 21.2 Å². The SMILES string of the molecule is CCOC(=O)c1c[nH]c2ccc3c(c2c1=O)CCS3(=O)=O. The van der Waals surface area contributed by atoms with Crippen LogP contribution in [0, 0.1) is 0 Å². The monoisotopic (exact) mass is 307 g/mol. The summed E-state index contributed by atoms with van der Waals surface area (Å²) in [6.07, 6.45) is 1.59. The van der Waals surface area contributed by atoms with Crippen molar-refractivity contribution >= 4 is 26.7 Å². The Balaban J connectivity index is 2.34. The number of hydrogen-bond donors (Lipinski definition) is 1. The fourth-order valence-electron chi connectivity index (χ4n) is 2.60. The Labute approximate surface area is 120 Å². The Kier molecular flexibility index (Phi) is 3.09. The topological polar surface area (TPSA) is 93.3 Å². The molecule has 7 heteroatoms. The molecule has 0 saturated carbocycles. The van der Waals surface area contributed by atoms with Crippen LogP contribution in [-0.2, 0) is 21.0 Å². The van der Waals surface area contributed by atoms with E-state index in [1.54, 1.807) is 13.0 Å². The van der Waals surface area contributed by atoms with Gasteiger partial charge in [0.25, 0.3) is 0 Å². The van der Waals surface area contributed by atoms with Gasteiger partial charge in [-0.25, -0.2) is 13.2 Å². The van der Waals surface area contributed by atoms with Gasteiger partial charge >= 0.3 is 5.97 Å². The highest BCUT2D eigenvalue weighted by Gasteiger charge is 2.29. The standard InChI is InChI=1S/C14H13NO5S/c1-2-20-14(17)9-7-15-10-3-4-11-8(12(10)13(9)16)5-6-21(11,18)19/h3-4,7H,2,5-6H2,1H3,(H,15,16). The van der Waals surface area contributed by atoms with Crippen LogP contribution < -0.4 is 5.43 Å². The van der Waals surface area contributed by atoms with Crippen LogP contribution >= 0.6 is 0 Å². The van der Waals surface area contributed by atoms with Gasteiger partial charge in [0.1, 0.15) is 5.56 Å². The zero-order chi connectivity index (χ0) is 15.2. The number of aryl methyl sites for hydroxylation is 1. The Morgan fingerprint density at radius 1 is 1.38 bits per heavy atom. The van der Waals surface area contributed by atoms with E-state index in [-0.39, 0.29) is 34.6 Å². The lowest BCUT2D eigenvalue weighted by Crippen LogP contribution is -2.19. The summed E-state index contributed by atoms with van der Waals surface area (Å²) in [6.45, 7) is 1.81. The Morgan fingerprint density at radius 3 is 2.86 bits per heavy atom. The maximum Gasteiger partial charge on any atom is 0.343 e. The molecule has 1 aromatic carbocycles. The summed E-state index contributed by atoms with van der Waals surface area (Å²) < 4.78 is 28.7. The third-order valence-electron chi connectivity index (χ3n) is 3.56. The van der Waals surface area contributed by atoms with Crippen LogP contribution in [0.15, 0.2) is 28.0 Å². The van der Waals surface area contributed by atoms with Gasteiger partial charge < -0.3 is 9.72 Å². The molecule has 0 spiro atoms. The number of H-pyrrole nitrogens is 1. The summed E-state index contributed by atoms with van der Waals surface area (Å²) in [5.41, 5.74) is 0.405. The summed E-state index contributed by atoms with van der Waals surface area (Å²) in [6, 6.07) is 3.05. The van der Waals surface area contributed by atoms with Crippen LogP contribution in [0.3, 0.4) is 0 Å². The lowest BCUT2D eigenvalue weighted by Gasteiger charge is -2.06. The third-order valence-corrected chi connectivity index (χ3v) is 5.36. The molecule has 0 aliphatic carbocycles. The Morgan fingerprint density at radius 2 is 2.14 bits per heavy atom. The molecule has 0 amide bonds. The second kappa shape index (κ2) is 4.70. The van der Waals surface area contributed by atoms with Crippen LogP contribution in [0.25, 0.3) is 10.9 Å². The molecule has 1 aliphatic rings. The van der Waals surface area contributed by atoms with E-state index in [1.807, 2.05) is 0 Å². The van der Waals surface area contributed by atoms with Gasteiger partial charge in [-0.15, -0.1) is 0 Å². The van der Waals surface area contributed by atoms with Crippen molar-refractivity contribution in [1.29, 1.82) is 0 Å². The Hall–Kier alpha value is -2.15. The minimum absolute atomic E-state index is 0.00940. The highest BCUT2D eigenvalue weighted by atomic mass is 32.2. The number of fused-ring (bicyclic) bond motifs is 3. The minimum Gasteiger partial charge on any atom is -0.462 e. The molecule has 0 fully saturated rings. The van der Waals surface area contributed by atoms with Crippen LogP contribution in [0.2, 0.25) is 0 Å². The summed E-state index contributed by atoms with van der Waals surface area (Å²) in [7, 11) is -3.33. The molecule has 21 heavy (non-hydrogen) atoms. The van der Waals surface area contributed by atoms with Crippen molar-refractivity contribution in [1.82, 2.24) is 4.98 Å². The second-order valence-corrected chi connectivity index (χ2v) is 6.86. The molecular weight excluding hydrogens is 294 g/mol. The predicted molar refractivity (Wildman–Crippen MR) is 76.3 cm³/mol. The van der Waals surface area contributed by atoms with E-state index in [1.165, 1.54) is 12.3 Å². The first-order chi connectivity index (χ1) is 9.95. The first kappa shape index (κ1) is 13.8. The number of hydrogen-bond acceptors (Lipinski definition) is 5. The van der Waals surface area contributed by atoms with Gasteiger partial charge in [-0.3, -0.25) is 4.79 Å². The third kappa shape index (κ3) is 2.04. The van der Waals surface area contributed by atoms with Gasteiger partial charge in [-0.05, 0) is 31.0 Å². The molecular formula is C14H13NO5S. The smallest absolute Gasteiger partial charge is 0.343 e. The number of esters is 1. The second-order valence-electron chi connectivity index (χ2n) is 4.79. The van der Waals surface area contributed by atoms with Gasteiger partial charge in [0.15, 0.2) is 9.84 Å². The maximum atomic E-state index is 12.5. The zero-order valence-corrected chi connectivity index (χ0v) is 12.1. The van der Waals surface area contributed by atoms with Gasteiger partial charge in [0, 0.05) is 11.7 Å². The molecule has 3 rings (SSSR count). The number of pyridine rings is 1. The number of sulfone groups is 1. The lowest BCUT2D eigenvalue weighted by molar-refractivity contribution is 0.0524. The summed E-state index contributed by atoms with van der Waals surface area (Å²) >= 11 is 0. The summed E-state index contributed by atoms with van der Waals surface area (Å²) in [5.74, 6) is -0.719. The van der Waals surface area contributed by atoms with Crippen molar-refractivity contribution in [2.45, 2.75) is 18.2 Å². The van der Waals surface area contributed by atoms with E-state index in [9.17, 15) is 18.0 Å². The molecule has 1 aromatic heterocycles. The highest BCUT2D eigenvalue weighted by molar-refractivity contribution is 7.91. The van der Waals surface area contributed by atoms with E-state index in [0.717, 1.165) is 0 Å². The number of rotatable bonds is 2. The number of nitrogens with one attached hydrogen (secondary N) is 1. The van der Waals surface area contributed by atoms with E-state index in [2.05, 4.69) is 4.98 Å². The van der Waals surface area contributed by atoms with E-state index in [0.29, 0.717) is 11.1 Å². The van der Waals surface area contributed by atoms with Gasteiger partial charge in [-0.2, -0.15) is 0 Å².